The molecule has 1 aromatic rings. The maximum Gasteiger partial charge on any atom is 0.318 e. The number of carboxylic acids is 1. The number of nitrogens with one attached hydrogen (secondary N) is 2. The van der Waals surface area contributed by atoms with Crippen molar-refractivity contribution in [2.45, 2.75) is 25.9 Å². The maximum atomic E-state index is 11.9. The lowest BCUT2D eigenvalue weighted by molar-refractivity contribution is -0.142. The van der Waals surface area contributed by atoms with Gasteiger partial charge in [0.05, 0.1) is 12.5 Å². The molecule has 98 valence electrons. The molecule has 1 fully saturated rings. The van der Waals surface area contributed by atoms with E-state index in [9.17, 15) is 9.59 Å². The fourth-order valence-corrected chi connectivity index (χ4v) is 2.07. The third-order valence-electron chi connectivity index (χ3n) is 3.12. The van der Waals surface area contributed by atoms with Crippen LogP contribution in [0.3, 0.4) is 0 Å². The van der Waals surface area contributed by atoms with E-state index in [1.807, 2.05) is 0 Å². The van der Waals surface area contributed by atoms with Crippen LogP contribution < -0.4 is 5.32 Å². The van der Waals surface area contributed by atoms with Gasteiger partial charge >= 0.3 is 12.0 Å². The number of carbonyl (C=O) groups is 2. The van der Waals surface area contributed by atoms with E-state index in [-0.39, 0.29) is 18.6 Å². The number of aliphatic carboxylic acids is 1. The standard InChI is InChI=1S/C9H14N6O3/c1-5-6(8(16)17)2-3-15(5)9(18)10-4-7-11-13-14-12-7/h5-6H,2-4H2,1H3,(H,10,18)(H,16,17)(H,11,12,13,14). The number of H-pyrrole nitrogens is 1. The highest BCUT2D eigenvalue weighted by atomic mass is 16.4. The summed E-state index contributed by atoms with van der Waals surface area (Å²) >= 11 is 0. The lowest BCUT2D eigenvalue weighted by Crippen LogP contribution is -2.43. The fraction of sp³-hybridized carbons (Fsp3) is 0.667. The first-order valence-corrected chi connectivity index (χ1v) is 5.59. The number of aromatic amines is 1. The van der Waals surface area contributed by atoms with Crippen LogP contribution in [0.1, 0.15) is 19.2 Å². The first-order chi connectivity index (χ1) is 8.59. The molecule has 1 aliphatic heterocycles. The summed E-state index contributed by atoms with van der Waals surface area (Å²) < 4.78 is 0. The number of tetrazole rings is 1. The summed E-state index contributed by atoms with van der Waals surface area (Å²) in [6, 6.07) is -0.621. The predicted octanol–water partition coefficient (Wildman–Crippen LogP) is -0.796. The van der Waals surface area contributed by atoms with Crippen LogP contribution in [-0.2, 0) is 11.3 Å². The van der Waals surface area contributed by atoms with Crippen LogP contribution in [0.15, 0.2) is 0 Å². The van der Waals surface area contributed by atoms with Crippen molar-refractivity contribution in [1.29, 1.82) is 0 Å². The van der Waals surface area contributed by atoms with Gasteiger partial charge in [0, 0.05) is 12.6 Å². The summed E-state index contributed by atoms with van der Waals surface area (Å²) in [7, 11) is 0. The molecule has 2 amide bonds. The van der Waals surface area contributed by atoms with Gasteiger partial charge in [-0.05, 0) is 13.3 Å². The molecule has 2 heterocycles. The van der Waals surface area contributed by atoms with Crippen LogP contribution in [0.2, 0.25) is 0 Å². The van der Waals surface area contributed by atoms with Crippen molar-refractivity contribution in [3.8, 4) is 0 Å². The van der Waals surface area contributed by atoms with Gasteiger partial charge in [-0.15, -0.1) is 10.2 Å². The first kappa shape index (κ1) is 12.3. The predicted molar refractivity (Wildman–Crippen MR) is 58.3 cm³/mol. The largest absolute Gasteiger partial charge is 0.481 e. The van der Waals surface area contributed by atoms with Crippen molar-refractivity contribution >= 4 is 12.0 Å². The average Bonchev–Trinajstić information content (AvgIpc) is 2.94. The zero-order valence-electron chi connectivity index (χ0n) is 9.83. The molecule has 0 bridgehead atoms. The maximum absolute atomic E-state index is 11.9. The number of hydrogen-bond acceptors (Lipinski definition) is 5. The van der Waals surface area contributed by atoms with Crippen LogP contribution in [0.5, 0.6) is 0 Å². The van der Waals surface area contributed by atoms with E-state index < -0.39 is 11.9 Å². The van der Waals surface area contributed by atoms with Crippen LogP contribution in [0.25, 0.3) is 0 Å². The lowest BCUT2D eigenvalue weighted by atomic mass is 10.0. The van der Waals surface area contributed by atoms with Gasteiger partial charge in [0.25, 0.3) is 0 Å². The molecule has 0 saturated carbocycles. The van der Waals surface area contributed by atoms with E-state index >= 15 is 0 Å². The number of carboxylic acid groups (broad SMARTS) is 1. The van der Waals surface area contributed by atoms with Crippen molar-refractivity contribution < 1.29 is 14.7 Å². The molecule has 9 heteroatoms. The molecule has 0 radical (unpaired) electrons. The van der Waals surface area contributed by atoms with Crippen LogP contribution in [0.4, 0.5) is 4.79 Å². The highest BCUT2D eigenvalue weighted by Gasteiger charge is 2.38. The number of nitrogens with zero attached hydrogens (tertiary/aromatic N) is 4. The van der Waals surface area contributed by atoms with E-state index in [0.29, 0.717) is 18.8 Å². The van der Waals surface area contributed by atoms with Gasteiger partial charge in [0.15, 0.2) is 5.82 Å². The number of carbonyl (C=O) groups excluding carboxylic acids is 1. The molecule has 0 spiro atoms. The average molecular weight is 254 g/mol. The Balaban J connectivity index is 1.88. The molecule has 0 aromatic carbocycles. The van der Waals surface area contributed by atoms with E-state index in [4.69, 9.17) is 5.11 Å². The molecular formula is C9H14N6O3. The summed E-state index contributed by atoms with van der Waals surface area (Å²) in [5, 5.41) is 24.7. The molecular weight excluding hydrogens is 240 g/mol. The normalized spacial score (nSPS) is 23.1. The summed E-state index contributed by atoms with van der Waals surface area (Å²) in [6.45, 7) is 2.34. The Hall–Kier alpha value is -2.19. The number of likely N-dealkylation sites (tertiary alicyclic amines) is 1. The van der Waals surface area contributed by atoms with Crippen molar-refractivity contribution in [2.75, 3.05) is 6.54 Å². The number of hydrogen-bond donors (Lipinski definition) is 3. The van der Waals surface area contributed by atoms with Crippen LogP contribution >= 0.6 is 0 Å². The Bertz CT molecular complexity index is 434. The topological polar surface area (TPSA) is 124 Å². The Labute approximate surface area is 103 Å². The molecule has 2 unspecified atom stereocenters. The summed E-state index contributed by atoms with van der Waals surface area (Å²) in [5.41, 5.74) is 0. The van der Waals surface area contributed by atoms with Crippen molar-refractivity contribution in [3.05, 3.63) is 5.82 Å². The Morgan fingerprint density at radius 1 is 1.61 bits per heavy atom. The van der Waals surface area contributed by atoms with Gasteiger partial charge in [-0.2, -0.15) is 5.21 Å². The van der Waals surface area contributed by atoms with Gasteiger partial charge < -0.3 is 15.3 Å². The fourth-order valence-electron chi connectivity index (χ4n) is 2.07. The summed E-state index contributed by atoms with van der Waals surface area (Å²) in [4.78, 5) is 24.3. The highest BCUT2D eigenvalue weighted by Crippen LogP contribution is 2.24. The van der Waals surface area contributed by atoms with Gasteiger partial charge in [0.2, 0.25) is 0 Å². The van der Waals surface area contributed by atoms with Crippen LogP contribution in [-0.4, -0.2) is 55.2 Å². The molecule has 18 heavy (non-hydrogen) atoms. The Morgan fingerprint density at radius 3 is 2.94 bits per heavy atom. The first-order valence-electron chi connectivity index (χ1n) is 5.59. The van der Waals surface area contributed by atoms with Crippen molar-refractivity contribution in [3.63, 3.8) is 0 Å². The van der Waals surface area contributed by atoms with E-state index in [0.717, 1.165) is 0 Å². The van der Waals surface area contributed by atoms with Crippen LogP contribution in [0, 0.1) is 5.92 Å². The summed E-state index contributed by atoms with van der Waals surface area (Å²) in [6.07, 6.45) is 0.478. The smallest absolute Gasteiger partial charge is 0.318 e. The molecule has 3 N–H and O–H groups in total. The van der Waals surface area contributed by atoms with E-state index in [2.05, 4.69) is 25.9 Å². The SMILES string of the molecule is CC1C(C(=O)O)CCN1C(=O)NCc1nn[nH]n1. The number of rotatable bonds is 3. The minimum Gasteiger partial charge on any atom is -0.481 e. The second-order valence-electron chi connectivity index (χ2n) is 4.15. The van der Waals surface area contributed by atoms with E-state index in [1.54, 1.807) is 6.92 Å². The minimum absolute atomic E-state index is 0.163. The quantitative estimate of drug-likeness (QED) is 0.649. The van der Waals surface area contributed by atoms with Gasteiger partial charge in [-0.3, -0.25) is 4.79 Å². The van der Waals surface area contributed by atoms with Crippen molar-refractivity contribution in [2.24, 2.45) is 5.92 Å². The highest BCUT2D eigenvalue weighted by molar-refractivity contribution is 5.78. The molecule has 2 rings (SSSR count). The molecule has 0 aliphatic carbocycles. The second-order valence-corrected chi connectivity index (χ2v) is 4.15. The van der Waals surface area contributed by atoms with Gasteiger partial charge in [-0.25, -0.2) is 4.79 Å². The molecule has 9 nitrogen and oxygen atoms in total. The molecule has 1 saturated heterocycles. The third kappa shape index (κ3) is 2.39. The Morgan fingerprint density at radius 2 is 2.39 bits per heavy atom. The van der Waals surface area contributed by atoms with E-state index in [1.165, 1.54) is 4.90 Å². The zero-order valence-corrected chi connectivity index (χ0v) is 9.83. The minimum atomic E-state index is -0.865. The molecule has 1 aromatic heterocycles. The number of urea groups is 1. The molecule has 1 aliphatic rings. The zero-order chi connectivity index (χ0) is 13.1. The third-order valence-corrected chi connectivity index (χ3v) is 3.12. The monoisotopic (exact) mass is 254 g/mol. The van der Waals surface area contributed by atoms with Crippen molar-refractivity contribution in [1.82, 2.24) is 30.8 Å². The molecule has 2 atom stereocenters. The number of amides is 2. The van der Waals surface area contributed by atoms with Gasteiger partial charge in [-0.1, -0.05) is 5.21 Å². The summed E-state index contributed by atoms with van der Waals surface area (Å²) in [5.74, 6) is -0.984. The Kier molecular flexibility index (Phi) is 3.40. The number of aromatic nitrogens is 4. The van der Waals surface area contributed by atoms with Gasteiger partial charge in [0.1, 0.15) is 0 Å². The lowest BCUT2D eigenvalue weighted by Gasteiger charge is -2.23. The second kappa shape index (κ2) is 4.98.